The van der Waals surface area contributed by atoms with Crippen molar-refractivity contribution < 1.29 is 4.42 Å². The number of para-hydroxylation sites is 1. The first kappa shape index (κ1) is 32.9. The minimum atomic E-state index is -0.461. The van der Waals surface area contributed by atoms with Gasteiger partial charge >= 0.3 is 0 Å². The van der Waals surface area contributed by atoms with Gasteiger partial charge < -0.3 is 9.32 Å². The highest BCUT2D eigenvalue weighted by molar-refractivity contribution is 6.23. The molecule has 0 fully saturated rings. The van der Waals surface area contributed by atoms with Crippen LogP contribution < -0.4 is 4.90 Å². The molecule has 1 heterocycles. The van der Waals surface area contributed by atoms with E-state index in [0.29, 0.717) is 0 Å². The van der Waals surface area contributed by atoms with Crippen LogP contribution in [0.15, 0.2) is 186 Å². The van der Waals surface area contributed by atoms with Gasteiger partial charge in [0.25, 0.3) is 0 Å². The van der Waals surface area contributed by atoms with Gasteiger partial charge in [-0.1, -0.05) is 172 Å². The first-order valence-corrected chi connectivity index (χ1v) is 20.8. The van der Waals surface area contributed by atoms with Crippen LogP contribution in [0, 0.1) is 6.92 Å². The Morgan fingerprint density at radius 2 is 0.983 bits per heavy atom. The van der Waals surface area contributed by atoms with E-state index in [1.807, 2.05) is 0 Å². The number of hydrogen-bond acceptors (Lipinski definition) is 2. The van der Waals surface area contributed by atoms with Crippen LogP contribution in [-0.4, -0.2) is 0 Å². The number of rotatable bonds is 3. The molecule has 0 atom stereocenters. The van der Waals surface area contributed by atoms with Crippen molar-refractivity contribution in [3.8, 4) is 33.4 Å². The second-order valence-corrected chi connectivity index (χ2v) is 17.2. The van der Waals surface area contributed by atoms with Crippen LogP contribution in [-0.2, 0) is 10.8 Å². The first-order chi connectivity index (χ1) is 29.0. The van der Waals surface area contributed by atoms with Crippen LogP contribution in [0.4, 0.5) is 17.1 Å². The number of nitrogens with zero attached hydrogens (tertiary/aromatic N) is 1. The Balaban J connectivity index is 1.17. The number of hydrogen-bond donors (Lipinski definition) is 0. The minimum Gasteiger partial charge on any atom is -0.454 e. The predicted octanol–water partition coefficient (Wildman–Crippen LogP) is 15.2. The second kappa shape index (κ2) is 11.5. The fourth-order valence-corrected chi connectivity index (χ4v) is 11.5. The van der Waals surface area contributed by atoms with E-state index in [4.69, 9.17) is 4.42 Å². The van der Waals surface area contributed by atoms with Crippen LogP contribution in [0.25, 0.3) is 66.1 Å². The van der Waals surface area contributed by atoms with Gasteiger partial charge in [0.15, 0.2) is 5.58 Å². The lowest BCUT2D eigenvalue weighted by molar-refractivity contribution is 0.660. The van der Waals surface area contributed by atoms with Gasteiger partial charge in [-0.3, -0.25) is 0 Å². The van der Waals surface area contributed by atoms with E-state index in [1.165, 1.54) is 77.5 Å². The molecule has 1 spiro atoms. The molecule has 3 aliphatic carbocycles. The molecule has 278 valence electrons. The van der Waals surface area contributed by atoms with E-state index in [1.54, 1.807) is 0 Å². The summed E-state index contributed by atoms with van der Waals surface area (Å²) in [6, 6.07) is 68.0. The van der Waals surface area contributed by atoms with Crippen LogP contribution >= 0.6 is 0 Å². The zero-order chi connectivity index (χ0) is 39.2. The summed E-state index contributed by atoms with van der Waals surface area (Å²) in [7, 11) is 0. The van der Waals surface area contributed by atoms with E-state index in [-0.39, 0.29) is 5.41 Å². The highest BCUT2D eigenvalue weighted by Gasteiger charge is 2.52. The molecule has 0 saturated carbocycles. The van der Waals surface area contributed by atoms with Crippen molar-refractivity contribution in [2.45, 2.75) is 31.6 Å². The molecule has 9 aromatic carbocycles. The van der Waals surface area contributed by atoms with Crippen molar-refractivity contribution in [2.75, 3.05) is 4.90 Å². The molecule has 0 radical (unpaired) electrons. The number of aryl methyl sites for hydroxylation is 1. The molecule has 1 aromatic heterocycles. The summed E-state index contributed by atoms with van der Waals surface area (Å²) >= 11 is 0. The van der Waals surface area contributed by atoms with E-state index >= 15 is 0 Å². The Kier molecular flexibility index (Phi) is 6.40. The second-order valence-electron chi connectivity index (χ2n) is 17.2. The zero-order valence-corrected chi connectivity index (χ0v) is 33.2. The molecule has 0 amide bonds. The van der Waals surface area contributed by atoms with Crippen LogP contribution in [0.1, 0.15) is 52.8 Å². The smallest absolute Gasteiger partial charge is 0.160 e. The summed E-state index contributed by atoms with van der Waals surface area (Å²) in [5, 5.41) is 4.67. The lowest BCUT2D eigenvalue weighted by Gasteiger charge is -2.32. The van der Waals surface area contributed by atoms with Crippen molar-refractivity contribution in [3.63, 3.8) is 0 Å². The van der Waals surface area contributed by atoms with Crippen molar-refractivity contribution in [3.05, 3.63) is 221 Å². The lowest BCUT2D eigenvalue weighted by Crippen LogP contribution is -2.26. The standard InChI is InChI=1S/C57H39NO/c1-34-16-14-23-43-52-37-18-5-4-17-35(37)32-51(55(52)59-54(34)43)58(36-30-31-41-38-19-6-10-24-44(38)56(2,3)49(41)33-36)50-29-15-28-48-53(50)42-22-9-13-27-47(42)57(48)45-25-11-7-20-39(45)40-21-8-12-26-46(40)57/h4-33H,1-3H3. The molecular weight excluding hydrogens is 715 g/mol. The fourth-order valence-electron chi connectivity index (χ4n) is 11.5. The fraction of sp³-hybridized carbons (Fsp3) is 0.0877. The van der Waals surface area contributed by atoms with Crippen molar-refractivity contribution in [1.29, 1.82) is 0 Å². The van der Waals surface area contributed by atoms with Gasteiger partial charge in [0, 0.05) is 27.4 Å². The average Bonchev–Trinajstić information content (AvgIpc) is 3.98. The minimum absolute atomic E-state index is 0.171. The van der Waals surface area contributed by atoms with Crippen molar-refractivity contribution in [2.24, 2.45) is 0 Å². The molecule has 0 saturated heterocycles. The van der Waals surface area contributed by atoms with Gasteiger partial charge in [0.1, 0.15) is 5.58 Å². The third kappa shape index (κ3) is 4.06. The topological polar surface area (TPSA) is 16.4 Å². The maximum Gasteiger partial charge on any atom is 0.160 e. The SMILES string of the molecule is Cc1cccc2c1oc1c(N(c3ccc4c(c3)C(C)(C)c3ccccc3-4)c3cccc4c3-c3ccccc3C43c4ccccc4-c4ccccc43)cc3ccccc3c12. The van der Waals surface area contributed by atoms with Crippen LogP contribution in [0.5, 0.6) is 0 Å². The van der Waals surface area contributed by atoms with Crippen LogP contribution in [0.3, 0.4) is 0 Å². The highest BCUT2D eigenvalue weighted by Crippen LogP contribution is 2.65. The third-order valence-electron chi connectivity index (χ3n) is 14.0. The number of anilines is 3. The van der Waals surface area contributed by atoms with Gasteiger partial charge in [0.2, 0.25) is 0 Å². The zero-order valence-electron chi connectivity index (χ0n) is 33.2. The molecule has 59 heavy (non-hydrogen) atoms. The Morgan fingerprint density at radius 1 is 0.424 bits per heavy atom. The van der Waals surface area contributed by atoms with Crippen LogP contribution in [0.2, 0.25) is 0 Å². The lowest BCUT2D eigenvalue weighted by atomic mass is 9.70. The van der Waals surface area contributed by atoms with Gasteiger partial charge in [-0.2, -0.15) is 0 Å². The Morgan fingerprint density at radius 3 is 1.73 bits per heavy atom. The Labute approximate surface area is 343 Å². The molecule has 2 nitrogen and oxygen atoms in total. The predicted molar refractivity (Wildman–Crippen MR) is 245 cm³/mol. The Bertz CT molecular complexity index is 3410. The summed E-state index contributed by atoms with van der Waals surface area (Å²) in [5.74, 6) is 0. The van der Waals surface area contributed by atoms with Crippen molar-refractivity contribution in [1.82, 2.24) is 0 Å². The molecule has 0 N–H and O–H groups in total. The monoisotopic (exact) mass is 753 g/mol. The number of fused-ring (bicyclic) bond motifs is 18. The molecule has 0 bridgehead atoms. The maximum atomic E-state index is 7.16. The summed E-state index contributed by atoms with van der Waals surface area (Å²) in [4.78, 5) is 2.52. The Hall–Kier alpha value is -7.16. The quantitative estimate of drug-likeness (QED) is 0.179. The molecule has 0 aliphatic heterocycles. The molecule has 2 heteroatoms. The molecule has 3 aliphatic rings. The highest BCUT2D eigenvalue weighted by atomic mass is 16.3. The number of furan rings is 1. The largest absolute Gasteiger partial charge is 0.454 e. The summed E-state index contributed by atoms with van der Waals surface area (Å²) in [6.45, 7) is 6.90. The molecule has 0 unspecified atom stereocenters. The normalized spacial score (nSPS) is 14.6. The van der Waals surface area contributed by atoms with Crippen molar-refractivity contribution >= 4 is 49.8 Å². The molecule has 13 rings (SSSR count). The summed E-state index contributed by atoms with van der Waals surface area (Å²) in [5.41, 5.74) is 21.4. The summed E-state index contributed by atoms with van der Waals surface area (Å²) in [6.07, 6.45) is 0. The maximum absolute atomic E-state index is 7.16. The van der Waals surface area contributed by atoms with E-state index in [9.17, 15) is 0 Å². The van der Waals surface area contributed by atoms with Gasteiger partial charge in [0.05, 0.1) is 16.8 Å². The van der Waals surface area contributed by atoms with Gasteiger partial charge in [-0.15, -0.1) is 0 Å². The number of benzene rings is 9. The van der Waals surface area contributed by atoms with E-state index in [0.717, 1.165) is 44.6 Å². The van der Waals surface area contributed by atoms with E-state index in [2.05, 4.69) is 208 Å². The van der Waals surface area contributed by atoms with Gasteiger partial charge in [-0.05, 0) is 109 Å². The van der Waals surface area contributed by atoms with E-state index < -0.39 is 5.41 Å². The first-order valence-electron chi connectivity index (χ1n) is 20.8. The average molecular weight is 754 g/mol. The van der Waals surface area contributed by atoms with Gasteiger partial charge in [-0.25, -0.2) is 0 Å². The third-order valence-corrected chi connectivity index (χ3v) is 14.0. The molecule has 10 aromatic rings. The summed E-state index contributed by atoms with van der Waals surface area (Å²) < 4.78 is 7.16. The molecular formula is C57H39NO.